The van der Waals surface area contributed by atoms with Crippen LogP contribution in [0, 0.1) is 11.2 Å². The molecular formula is C12H15BrFNO2. The summed E-state index contributed by atoms with van der Waals surface area (Å²) in [7, 11) is 0. The number of nitrogens with two attached hydrogens (primary N) is 1. The highest BCUT2D eigenvalue weighted by atomic mass is 79.9. The van der Waals surface area contributed by atoms with Gasteiger partial charge in [0, 0.05) is 23.0 Å². The van der Waals surface area contributed by atoms with Gasteiger partial charge in [-0.15, -0.1) is 0 Å². The van der Waals surface area contributed by atoms with Crippen molar-refractivity contribution in [1.29, 1.82) is 0 Å². The van der Waals surface area contributed by atoms with Crippen molar-refractivity contribution in [3.8, 4) is 0 Å². The largest absolute Gasteiger partial charge is 0.388 e. The van der Waals surface area contributed by atoms with Gasteiger partial charge in [0.15, 0.2) is 0 Å². The molecule has 1 aromatic carbocycles. The van der Waals surface area contributed by atoms with E-state index in [9.17, 15) is 9.50 Å². The molecule has 0 bridgehead atoms. The van der Waals surface area contributed by atoms with Crippen LogP contribution in [-0.4, -0.2) is 24.9 Å². The third-order valence-electron chi connectivity index (χ3n) is 3.38. The Labute approximate surface area is 108 Å². The van der Waals surface area contributed by atoms with E-state index in [4.69, 9.17) is 10.5 Å². The van der Waals surface area contributed by atoms with Gasteiger partial charge in [-0.3, -0.25) is 0 Å². The van der Waals surface area contributed by atoms with Crippen LogP contribution in [0.1, 0.15) is 18.1 Å². The van der Waals surface area contributed by atoms with Gasteiger partial charge in [-0.05, 0) is 24.1 Å². The van der Waals surface area contributed by atoms with Crippen LogP contribution < -0.4 is 5.73 Å². The second-order valence-corrected chi connectivity index (χ2v) is 5.29. The normalized spacial score (nSPS) is 26.1. The summed E-state index contributed by atoms with van der Waals surface area (Å²) in [6, 6.07) is 4.27. The third-order valence-corrected chi connectivity index (χ3v) is 4.06. The lowest BCUT2D eigenvalue weighted by atomic mass is 9.78. The monoisotopic (exact) mass is 303 g/mol. The molecule has 94 valence electrons. The average molecular weight is 304 g/mol. The average Bonchev–Trinajstić information content (AvgIpc) is 2.78. The van der Waals surface area contributed by atoms with Crippen LogP contribution >= 0.6 is 15.9 Å². The first-order valence-electron chi connectivity index (χ1n) is 5.50. The molecule has 1 fully saturated rings. The van der Waals surface area contributed by atoms with Gasteiger partial charge in [0.05, 0.1) is 12.7 Å². The predicted molar refractivity (Wildman–Crippen MR) is 66.0 cm³/mol. The fourth-order valence-electron chi connectivity index (χ4n) is 2.16. The Hall–Kier alpha value is -0.490. The van der Waals surface area contributed by atoms with Crippen LogP contribution in [0.15, 0.2) is 22.7 Å². The number of rotatable bonds is 3. The number of hydrogen-bond acceptors (Lipinski definition) is 3. The number of benzene rings is 1. The first-order valence-corrected chi connectivity index (χ1v) is 6.29. The van der Waals surface area contributed by atoms with Crippen LogP contribution in [0.25, 0.3) is 0 Å². The summed E-state index contributed by atoms with van der Waals surface area (Å²) in [5.74, 6) is -0.336. The first-order chi connectivity index (χ1) is 8.09. The minimum absolute atomic E-state index is 0.336. The molecule has 0 aliphatic carbocycles. The van der Waals surface area contributed by atoms with Gasteiger partial charge >= 0.3 is 0 Å². The second-order valence-electron chi connectivity index (χ2n) is 4.44. The lowest BCUT2D eigenvalue weighted by Crippen LogP contribution is -2.37. The fraction of sp³-hybridized carbons (Fsp3) is 0.500. The van der Waals surface area contributed by atoms with E-state index in [2.05, 4.69) is 15.9 Å². The van der Waals surface area contributed by atoms with E-state index >= 15 is 0 Å². The molecule has 1 aliphatic rings. The number of ether oxygens (including phenoxy) is 1. The second kappa shape index (κ2) is 5.02. The highest BCUT2D eigenvalue weighted by Gasteiger charge is 2.41. The Balaban J connectivity index is 2.32. The standard InChI is InChI=1S/C12H15BrFNO2/c13-10-5-8(14)1-2-9(10)11(16)12(6-15)3-4-17-7-12/h1-2,5,11,16H,3-4,6-7,15H2. The molecule has 0 amide bonds. The molecule has 0 radical (unpaired) electrons. The fourth-order valence-corrected chi connectivity index (χ4v) is 2.73. The topological polar surface area (TPSA) is 55.5 Å². The molecule has 1 aliphatic heterocycles. The smallest absolute Gasteiger partial charge is 0.124 e. The number of aliphatic hydroxyl groups is 1. The van der Waals surface area contributed by atoms with Crippen molar-refractivity contribution in [2.75, 3.05) is 19.8 Å². The number of aliphatic hydroxyl groups excluding tert-OH is 1. The quantitative estimate of drug-likeness (QED) is 0.898. The Morgan fingerprint density at radius 1 is 1.59 bits per heavy atom. The first kappa shape index (κ1) is 13.0. The molecule has 2 atom stereocenters. The van der Waals surface area contributed by atoms with E-state index in [1.807, 2.05) is 0 Å². The van der Waals surface area contributed by atoms with Crippen molar-refractivity contribution >= 4 is 15.9 Å². The molecule has 3 nitrogen and oxygen atoms in total. The molecule has 17 heavy (non-hydrogen) atoms. The summed E-state index contributed by atoms with van der Waals surface area (Å²) in [6.45, 7) is 1.39. The highest BCUT2D eigenvalue weighted by molar-refractivity contribution is 9.10. The lowest BCUT2D eigenvalue weighted by molar-refractivity contribution is 0.0186. The Kier molecular flexibility index (Phi) is 3.82. The van der Waals surface area contributed by atoms with Gasteiger partial charge in [-0.1, -0.05) is 22.0 Å². The van der Waals surface area contributed by atoms with Gasteiger partial charge in [-0.25, -0.2) is 4.39 Å². The zero-order valence-electron chi connectivity index (χ0n) is 9.33. The molecule has 5 heteroatoms. The SMILES string of the molecule is NCC1(C(O)c2ccc(F)cc2Br)CCOC1. The van der Waals surface area contributed by atoms with E-state index in [-0.39, 0.29) is 5.82 Å². The molecule has 1 aromatic rings. The van der Waals surface area contributed by atoms with E-state index in [1.165, 1.54) is 12.1 Å². The summed E-state index contributed by atoms with van der Waals surface area (Å²) >= 11 is 3.27. The number of hydrogen-bond donors (Lipinski definition) is 2. The van der Waals surface area contributed by atoms with Crippen molar-refractivity contribution in [3.05, 3.63) is 34.1 Å². The van der Waals surface area contributed by atoms with Gasteiger partial charge in [-0.2, -0.15) is 0 Å². The summed E-state index contributed by atoms with van der Waals surface area (Å²) in [4.78, 5) is 0. The number of halogens is 2. The van der Waals surface area contributed by atoms with Crippen molar-refractivity contribution in [1.82, 2.24) is 0 Å². The van der Waals surface area contributed by atoms with Gasteiger partial charge in [0.2, 0.25) is 0 Å². The Bertz CT molecular complexity index is 407. The van der Waals surface area contributed by atoms with Crippen LogP contribution in [-0.2, 0) is 4.74 Å². The third kappa shape index (κ3) is 2.38. The molecule has 2 unspecified atom stereocenters. The van der Waals surface area contributed by atoms with E-state index in [1.54, 1.807) is 6.07 Å². The van der Waals surface area contributed by atoms with E-state index in [0.29, 0.717) is 36.2 Å². The van der Waals surface area contributed by atoms with Gasteiger partial charge < -0.3 is 15.6 Å². The van der Waals surface area contributed by atoms with Crippen LogP contribution in [0.3, 0.4) is 0 Å². The molecule has 0 saturated carbocycles. The molecule has 1 saturated heterocycles. The lowest BCUT2D eigenvalue weighted by Gasteiger charge is -2.32. The van der Waals surface area contributed by atoms with E-state index < -0.39 is 11.5 Å². The molecule has 1 heterocycles. The summed E-state index contributed by atoms with van der Waals surface area (Å²) in [6.07, 6.45) is -0.0286. The van der Waals surface area contributed by atoms with Crippen molar-refractivity contribution < 1.29 is 14.2 Å². The molecular weight excluding hydrogens is 289 g/mol. The van der Waals surface area contributed by atoms with Crippen LogP contribution in [0.2, 0.25) is 0 Å². The van der Waals surface area contributed by atoms with Crippen molar-refractivity contribution in [2.24, 2.45) is 11.1 Å². The maximum absolute atomic E-state index is 13.0. The Morgan fingerprint density at radius 3 is 2.88 bits per heavy atom. The molecule has 3 N–H and O–H groups in total. The maximum atomic E-state index is 13.0. The Morgan fingerprint density at radius 2 is 2.35 bits per heavy atom. The highest BCUT2D eigenvalue weighted by Crippen LogP contribution is 2.42. The minimum atomic E-state index is -0.745. The van der Waals surface area contributed by atoms with Crippen LogP contribution in [0.5, 0.6) is 0 Å². The predicted octanol–water partition coefficient (Wildman–Crippen LogP) is 1.99. The van der Waals surface area contributed by atoms with Gasteiger partial charge in [0.1, 0.15) is 5.82 Å². The molecule has 0 aromatic heterocycles. The molecule has 0 spiro atoms. The summed E-state index contributed by atoms with van der Waals surface area (Å²) < 4.78 is 18.9. The van der Waals surface area contributed by atoms with Crippen LogP contribution in [0.4, 0.5) is 4.39 Å². The van der Waals surface area contributed by atoms with Crippen molar-refractivity contribution in [3.63, 3.8) is 0 Å². The molecule has 2 rings (SSSR count). The zero-order chi connectivity index (χ0) is 12.5. The summed E-state index contributed by atoms with van der Waals surface area (Å²) in [5, 5.41) is 10.4. The van der Waals surface area contributed by atoms with E-state index in [0.717, 1.165) is 0 Å². The zero-order valence-corrected chi connectivity index (χ0v) is 10.9. The maximum Gasteiger partial charge on any atom is 0.124 e. The van der Waals surface area contributed by atoms with Gasteiger partial charge in [0.25, 0.3) is 0 Å². The minimum Gasteiger partial charge on any atom is -0.388 e. The van der Waals surface area contributed by atoms with Crippen molar-refractivity contribution in [2.45, 2.75) is 12.5 Å². The summed E-state index contributed by atoms with van der Waals surface area (Å²) in [5.41, 5.74) is 5.95.